The molecule has 0 saturated carbocycles. The highest BCUT2D eigenvalue weighted by atomic mass is 79.9. The van der Waals surface area contributed by atoms with Crippen molar-refractivity contribution in [3.05, 3.63) is 52.0 Å². The number of nitrogens with zero attached hydrogens (tertiary/aromatic N) is 2. The van der Waals surface area contributed by atoms with E-state index in [-0.39, 0.29) is 16.5 Å². The number of allylic oxidation sites excluding steroid dienone is 1. The van der Waals surface area contributed by atoms with Crippen molar-refractivity contribution in [1.29, 1.82) is 0 Å². The third kappa shape index (κ3) is 1.65. The first-order valence-electron chi connectivity index (χ1n) is 6.16. The van der Waals surface area contributed by atoms with Gasteiger partial charge >= 0.3 is 0 Å². The van der Waals surface area contributed by atoms with Gasteiger partial charge in [0, 0.05) is 21.4 Å². The molecule has 1 aromatic carbocycles. The summed E-state index contributed by atoms with van der Waals surface area (Å²) in [4.78, 5) is 21.0. The molecule has 0 spiro atoms. The number of rotatable bonds is 0. The predicted molar refractivity (Wildman–Crippen MR) is 86.0 cm³/mol. The van der Waals surface area contributed by atoms with Crippen LogP contribution in [-0.4, -0.2) is 15.8 Å². The van der Waals surface area contributed by atoms with E-state index in [4.69, 9.17) is 17.3 Å². The Balaban J connectivity index is 2.32. The number of aromatic nitrogens is 2. The van der Waals surface area contributed by atoms with Crippen molar-refractivity contribution in [3.8, 4) is 0 Å². The van der Waals surface area contributed by atoms with E-state index in [0.29, 0.717) is 16.8 Å². The van der Waals surface area contributed by atoms with Crippen LogP contribution in [0.4, 0.5) is 0 Å². The minimum atomic E-state index is -0.353. The molecule has 102 valence electrons. The number of carbonyl (C=O) groups is 1. The molecule has 0 amide bonds. The Hall–Kier alpha value is -1.98. The number of Topliss-reactive ketones (excluding diaryl/α,β-unsaturated/α-hetero) is 1. The van der Waals surface area contributed by atoms with Gasteiger partial charge in [-0.1, -0.05) is 27.5 Å². The van der Waals surface area contributed by atoms with Crippen LogP contribution in [0.25, 0.3) is 26.7 Å². The van der Waals surface area contributed by atoms with Gasteiger partial charge in [0.25, 0.3) is 0 Å². The Bertz CT molecular complexity index is 997. The van der Waals surface area contributed by atoms with Gasteiger partial charge in [-0.3, -0.25) is 9.78 Å². The van der Waals surface area contributed by atoms with Gasteiger partial charge in [0.2, 0.25) is 5.78 Å². The van der Waals surface area contributed by atoms with E-state index in [0.717, 1.165) is 20.8 Å². The minimum absolute atomic E-state index is 0.00636. The number of pyridine rings is 2. The third-order valence-electron chi connectivity index (χ3n) is 3.57. The molecule has 0 radical (unpaired) electrons. The third-order valence-corrected chi connectivity index (χ3v) is 4.45. The predicted octanol–water partition coefficient (Wildman–Crippen LogP) is 3.61. The number of ketones is 1. The van der Waals surface area contributed by atoms with Crippen LogP contribution in [-0.2, 0) is 0 Å². The van der Waals surface area contributed by atoms with E-state index >= 15 is 0 Å². The molecule has 0 fully saturated rings. The second-order valence-electron chi connectivity index (χ2n) is 4.76. The number of halogens is 2. The van der Waals surface area contributed by atoms with Crippen molar-refractivity contribution in [1.82, 2.24) is 9.97 Å². The van der Waals surface area contributed by atoms with E-state index in [9.17, 15) is 4.79 Å². The molecule has 21 heavy (non-hydrogen) atoms. The molecule has 6 heteroatoms. The number of hydrogen-bond acceptors (Lipinski definition) is 4. The fraction of sp³-hybridized carbons (Fsp3) is 0. The molecule has 1 aliphatic rings. The molecule has 0 aliphatic heterocycles. The summed E-state index contributed by atoms with van der Waals surface area (Å²) >= 11 is 9.68. The van der Waals surface area contributed by atoms with Gasteiger partial charge in [0.15, 0.2) is 0 Å². The summed E-state index contributed by atoms with van der Waals surface area (Å²) in [5.41, 5.74) is 7.39. The van der Waals surface area contributed by atoms with E-state index < -0.39 is 0 Å². The Labute approximate surface area is 132 Å². The van der Waals surface area contributed by atoms with Crippen LogP contribution in [0, 0.1) is 0 Å². The van der Waals surface area contributed by atoms with Gasteiger partial charge in [0.1, 0.15) is 11.4 Å². The molecule has 4 rings (SSSR count). The first-order chi connectivity index (χ1) is 10.1. The normalized spacial score (nSPS) is 14.3. The molecular formula is C15H7BrClN3O. The topological polar surface area (TPSA) is 68.9 Å². The number of carbonyl (C=O) groups excluding carboxylic acids is 1. The van der Waals surface area contributed by atoms with Gasteiger partial charge in [-0.25, -0.2) is 4.98 Å². The molecule has 2 N–H and O–H groups in total. The Kier molecular flexibility index (Phi) is 2.58. The highest BCUT2D eigenvalue weighted by Gasteiger charge is 2.28. The molecule has 0 saturated heterocycles. The van der Waals surface area contributed by atoms with Crippen LogP contribution in [0.15, 0.2) is 40.6 Å². The zero-order valence-corrected chi connectivity index (χ0v) is 12.9. The van der Waals surface area contributed by atoms with Crippen molar-refractivity contribution in [3.63, 3.8) is 0 Å². The molecule has 0 unspecified atom stereocenters. The molecule has 4 nitrogen and oxygen atoms in total. The minimum Gasteiger partial charge on any atom is -0.394 e. The lowest BCUT2D eigenvalue weighted by molar-refractivity contribution is 0.103. The van der Waals surface area contributed by atoms with Crippen molar-refractivity contribution in [2.75, 3.05) is 0 Å². The molecule has 0 atom stereocenters. The van der Waals surface area contributed by atoms with Crippen LogP contribution < -0.4 is 5.73 Å². The van der Waals surface area contributed by atoms with Gasteiger partial charge in [-0.15, -0.1) is 0 Å². The lowest BCUT2D eigenvalue weighted by atomic mass is 9.96. The Morgan fingerprint density at radius 2 is 1.95 bits per heavy atom. The van der Waals surface area contributed by atoms with Crippen LogP contribution in [0.2, 0.25) is 0 Å². The van der Waals surface area contributed by atoms with E-state index in [1.807, 2.05) is 24.3 Å². The zero-order valence-electron chi connectivity index (χ0n) is 10.5. The standard InChI is InChI=1S/C15H7BrClN3O/c16-6-1-2-9-8(5-6)7-3-4-19-14-10(7)13(20-9)11(17)12(18)15(14)21/h1-5H,18H2. The van der Waals surface area contributed by atoms with Gasteiger partial charge in [0.05, 0.1) is 16.2 Å². The van der Waals surface area contributed by atoms with Crippen LogP contribution in [0.1, 0.15) is 16.2 Å². The van der Waals surface area contributed by atoms with Crippen LogP contribution in [0.3, 0.4) is 0 Å². The number of fused-ring (bicyclic) bond motifs is 2. The highest BCUT2D eigenvalue weighted by molar-refractivity contribution is 9.10. The Morgan fingerprint density at radius 3 is 2.76 bits per heavy atom. The molecule has 1 aliphatic carbocycles. The average Bonchev–Trinajstić information content (AvgIpc) is 2.50. The van der Waals surface area contributed by atoms with Crippen molar-refractivity contribution >= 4 is 60.0 Å². The number of nitrogens with two attached hydrogens (primary N) is 1. The van der Waals surface area contributed by atoms with E-state index in [1.54, 1.807) is 6.20 Å². The number of benzene rings is 1. The smallest absolute Gasteiger partial charge is 0.229 e. The Morgan fingerprint density at radius 1 is 1.14 bits per heavy atom. The summed E-state index contributed by atoms with van der Waals surface area (Å²) < 4.78 is 0.939. The molecule has 2 heterocycles. The van der Waals surface area contributed by atoms with Gasteiger partial charge in [-0.2, -0.15) is 0 Å². The maximum Gasteiger partial charge on any atom is 0.229 e. The SMILES string of the molecule is NC1=C(Cl)c2nc3ccc(Br)cc3c3ccnc(c23)C1=O. The van der Waals surface area contributed by atoms with Crippen LogP contribution >= 0.6 is 27.5 Å². The second-order valence-corrected chi connectivity index (χ2v) is 6.05. The fourth-order valence-corrected chi connectivity index (χ4v) is 3.19. The van der Waals surface area contributed by atoms with Gasteiger partial charge < -0.3 is 5.73 Å². The summed E-state index contributed by atoms with van der Waals surface area (Å²) in [6.07, 6.45) is 1.60. The quantitative estimate of drug-likeness (QED) is 0.622. The van der Waals surface area contributed by atoms with Crippen LogP contribution in [0.5, 0.6) is 0 Å². The maximum absolute atomic E-state index is 12.2. The summed E-state index contributed by atoms with van der Waals surface area (Å²) in [5, 5.41) is 2.67. The average molecular weight is 361 g/mol. The van der Waals surface area contributed by atoms with E-state index in [1.165, 1.54) is 0 Å². The largest absolute Gasteiger partial charge is 0.394 e. The second kappa shape index (κ2) is 4.26. The summed E-state index contributed by atoms with van der Waals surface area (Å²) in [6.45, 7) is 0. The summed E-state index contributed by atoms with van der Waals surface area (Å²) in [6, 6.07) is 7.63. The van der Waals surface area contributed by atoms with Crippen molar-refractivity contribution in [2.45, 2.75) is 0 Å². The van der Waals surface area contributed by atoms with Gasteiger partial charge in [-0.05, 0) is 29.7 Å². The maximum atomic E-state index is 12.2. The summed E-state index contributed by atoms with van der Waals surface area (Å²) in [7, 11) is 0. The number of hydrogen-bond donors (Lipinski definition) is 1. The first kappa shape index (κ1) is 12.7. The summed E-state index contributed by atoms with van der Waals surface area (Å²) in [5.74, 6) is -0.353. The van der Waals surface area contributed by atoms with Crippen molar-refractivity contribution < 1.29 is 4.79 Å². The zero-order chi connectivity index (χ0) is 14.7. The molecule has 2 aromatic heterocycles. The lowest BCUT2D eigenvalue weighted by Crippen LogP contribution is -2.19. The molecule has 0 bridgehead atoms. The monoisotopic (exact) mass is 359 g/mol. The first-order valence-corrected chi connectivity index (χ1v) is 7.33. The molecular weight excluding hydrogens is 354 g/mol. The van der Waals surface area contributed by atoms with Crippen molar-refractivity contribution in [2.24, 2.45) is 5.73 Å². The fourth-order valence-electron chi connectivity index (χ4n) is 2.61. The lowest BCUT2D eigenvalue weighted by Gasteiger charge is -2.17. The highest BCUT2D eigenvalue weighted by Crippen LogP contribution is 2.38. The van der Waals surface area contributed by atoms with E-state index in [2.05, 4.69) is 25.9 Å². The molecule has 3 aromatic rings.